The molecule has 0 aliphatic rings. The average molecular weight is 359 g/mol. The third-order valence-electron chi connectivity index (χ3n) is 2.75. The highest BCUT2D eigenvalue weighted by molar-refractivity contribution is 9.10. The van der Waals surface area contributed by atoms with E-state index in [1.54, 1.807) is 30.3 Å². The van der Waals surface area contributed by atoms with Crippen molar-refractivity contribution in [2.75, 3.05) is 10.6 Å². The van der Waals surface area contributed by atoms with Crippen LogP contribution >= 0.6 is 15.9 Å². The van der Waals surface area contributed by atoms with Crippen LogP contribution in [0.5, 0.6) is 0 Å². The van der Waals surface area contributed by atoms with Crippen molar-refractivity contribution in [3.63, 3.8) is 0 Å². The molecule has 0 radical (unpaired) electrons. The van der Waals surface area contributed by atoms with Crippen LogP contribution < -0.4 is 10.6 Å². The van der Waals surface area contributed by atoms with E-state index in [9.17, 15) is 9.59 Å². The van der Waals surface area contributed by atoms with Gasteiger partial charge in [-0.25, -0.2) is 0 Å². The van der Waals surface area contributed by atoms with Crippen LogP contribution in [0.25, 0.3) is 6.08 Å². The maximum absolute atomic E-state index is 11.9. The van der Waals surface area contributed by atoms with Gasteiger partial charge in [0, 0.05) is 28.8 Å². The SMILES string of the molecule is CC(=O)Nc1cccc(NC(=O)C=Cc2ccc(Br)cc2)c1. The smallest absolute Gasteiger partial charge is 0.248 e. The Morgan fingerprint density at radius 3 is 2.27 bits per heavy atom. The summed E-state index contributed by atoms with van der Waals surface area (Å²) in [5.74, 6) is -0.387. The number of amides is 2. The summed E-state index contributed by atoms with van der Waals surface area (Å²) in [7, 11) is 0. The maximum atomic E-state index is 11.9. The Labute approximate surface area is 137 Å². The Balaban J connectivity index is 1.99. The topological polar surface area (TPSA) is 58.2 Å². The molecule has 0 saturated heterocycles. The lowest BCUT2D eigenvalue weighted by molar-refractivity contribution is -0.114. The van der Waals surface area contributed by atoms with Gasteiger partial charge in [-0.2, -0.15) is 0 Å². The second-order valence-corrected chi connectivity index (χ2v) is 5.55. The van der Waals surface area contributed by atoms with Gasteiger partial charge < -0.3 is 10.6 Å². The zero-order valence-electron chi connectivity index (χ0n) is 12.0. The summed E-state index contributed by atoms with van der Waals surface area (Å²) in [5.41, 5.74) is 2.20. The van der Waals surface area contributed by atoms with E-state index in [0.717, 1.165) is 10.0 Å². The van der Waals surface area contributed by atoms with Crippen molar-refractivity contribution in [3.05, 3.63) is 64.6 Å². The Hall–Kier alpha value is -2.40. The van der Waals surface area contributed by atoms with E-state index >= 15 is 0 Å². The van der Waals surface area contributed by atoms with Crippen LogP contribution in [0.1, 0.15) is 12.5 Å². The summed E-state index contributed by atoms with van der Waals surface area (Å²) in [6.07, 6.45) is 3.20. The normalized spacial score (nSPS) is 10.5. The summed E-state index contributed by atoms with van der Waals surface area (Å²) in [5, 5.41) is 5.42. The lowest BCUT2D eigenvalue weighted by atomic mass is 10.2. The molecule has 0 aliphatic carbocycles. The van der Waals surface area contributed by atoms with Crippen LogP contribution in [0.4, 0.5) is 11.4 Å². The van der Waals surface area contributed by atoms with Crippen LogP contribution in [-0.2, 0) is 9.59 Å². The zero-order valence-corrected chi connectivity index (χ0v) is 13.6. The lowest BCUT2D eigenvalue weighted by Gasteiger charge is -2.06. The van der Waals surface area contributed by atoms with Crippen molar-refractivity contribution in [1.82, 2.24) is 0 Å². The predicted molar refractivity (Wildman–Crippen MR) is 92.6 cm³/mol. The first-order chi connectivity index (χ1) is 10.5. The second kappa shape index (κ2) is 7.56. The quantitative estimate of drug-likeness (QED) is 0.809. The van der Waals surface area contributed by atoms with Gasteiger partial charge in [0.1, 0.15) is 0 Å². The summed E-state index contributed by atoms with van der Waals surface area (Å²) in [4.78, 5) is 22.9. The van der Waals surface area contributed by atoms with Crippen LogP contribution in [0.2, 0.25) is 0 Å². The van der Waals surface area contributed by atoms with Crippen LogP contribution in [0.3, 0.4) is 0 Å². The summed E-state index contributed by atoms with van der Waals surface area (Å²) in [6.45, 7) is 1.44. The summed E-state index contributed by atoms with van der Waals surface area (Å²) in [6, 6.07) is 14.6. The van der Waals surface area contributed by atoms with Gasteiger partial charge in [-0.15, -0.1) is 0 Å². The van der Waals surface area contributed by atoms with E-state index in [4.69, 9.17) is 0 Å². The maximum Gasteiger partial charge on any atom is 0.248 e. The van der Waals surface area contributed by atoms with Crippen molar-refractivity contribution in [2.45, 2.75) is 6.92 Å². The van der Waals surface area contributed by atoms with Crippen molar-refractivity contribution in [1.29, 1.82) is 0 Å². The molecule has 112 valence electrons. The number of rotatable bonds is 4. The minimum Gasteiger partial charge on any atom is -0.326 e. The average Bonchev–Trinajstić information content (AvgIpc) is 2.46. The molecule has 0 aliphatic heterocycles. The number of benzene rings is 2. The van der Waals surface area contributed by atoms with Gasteiger partial charge in [0.15, 0.2) is 0 Å². The first-order valence-electron chi connectivity index (χ1n) is 6.65. The van der Waals surface area contributed by atoms with Gasteiger partial charge in [0.05, 0.1) is 0 Å². The molecule has 2 amide bonds. The molecule has 0 saturated carbocycles. The number of carbonyl (C=O) groups excluding carboxylic acids is 2. The molecule has 22 heavy (non-hydrogen) atoms. The van der Waals surface area contributed by atoms with E-state index in [0.29, 0.717) is 11.4 Å². The zero-order chi connectivity index (χ0) is 15.9. The third-order valence-corrected chi connectivity index (χ3v) is 3.28. The van der Waals surface area contributed by atoms with Gasteiger partial charge in [-0.1, -0.05) is 34.1 Å². The first kappa shape index (κ1) is 16.0. The molecule has 0 spiro atoms. The van der Waals surface area contributed by atoms with Gasteiger partial charge in [-0.05, 0) is 42.0 Å². The lowest BCUT2D eigenvalue weighted by Crippen LogP contribution is -2.09. The van der Waals surface area contributed by atoms with Crippen LogP contribution in [0, 0.1) is 0 Å². The predicted octanol–water partition coefficient (Wildman–Crippen LogP) is 4.06. The molecule has 0 aromatic heterocycles. The molecule has 0 heterocycles. The second-order valence-electron chi connectivity index (χ2n) is 4.64. The van der Waals surface area contributed by atoms with Gasteiger partial charge in [0.2, 0.25) is 11.8 Å². The van der Waals surface area contributed by atoms with Crippen LogP contribution in [0.15, 0.2) is 59.1 Å². The van der Waals surface area contributed by atoms with E-state index < -0.39 is 0 Å². The van der Waals surface area contributed by atoms with E-state index in [2.05, 4.69) is 26.6 Å². The van der Waals surface area contributed by atoms with Gasteiger partial charge in [-0.3, -0.25) is 9.59 Å². The molecule has 4 nitrogen and oxygen atoms in total. The Kier molecular flexibility index (Phi) is 5.49. The molecule has 0 atom stereocenters. The molecule has 0 fully saturated rings. The van der Waals surface area contributed by atoms with Crippen molar-refractivity contribution in [2.24, 2.45) is 0 Å². The monoisotopic (exact) mass is 358 g/mol. The molecule has 0 bridgehead atoms. The van der Waals surface area contributed by atoms with Crippen molar-refractivity contribution < 1.29 is 9.59 Å². The molecule has 5 heteroatoms. The minimum absolute atomic E-state index is 0.154. The number of anilines is 2. The number of hydrogen-bond donors (Lipinski definition) is 2. The largest absolute Gasteiger partial charge is 0.326 e. The number of nitrogens with one attached hydrogen (secondary N) is 2. The fraction of sp³-hybridized carbons (Fsp3) is 0.0588. The fourth-order valence-electron chi connectivity index (χ4n) is 1.81. The molecule has 2 N–H and O–H groups in total. The van der Waals surface area contributed by atoms with E-state index in [-0.39, 0.29) is 11.8 Å². The molecule has 0 unspecified atom stereocenters. The fourth-order valence-corrected chi connectivity index (χ4v) is 2.07. The minimum atomic E-state index is -0.233. The number of carbonyl (C=O) groups is 2. The van der Waals surface area contributed by atoms with E-state index in [1.165, 1.54) is 13.0 Å². The van der Waals surface area contributed by atoms with E-state index in [1.807, 2.05) is 24.3 Å². The Bertz CT molecular complexity index is 709. The van der Waals surface area contributed by atoms with Gasteiger partial charge >= 0.3 is 0 Å². The highest BCUT2D eigenvalue weighted by Crippen LogP contribution is 2.15. The van der Waals surface area contributed by atoms with Crippen molar-refractivity contribution in [3.8, 4) is 0 Å². The highest BCUT2D eigenvalue weighted by Gasteiger charge is 2.00. The Morgan fingerprint density at radius 2 is 1.64 bits per heavy atom. The highest BCUT2D eigenvalue weighted by atomic mass is 79.9. The Morgan fingerprint density at radius 1 is 1.00 bits per heavy atom. The molecule has 2 aromatic rings. The van der Waals surface area contributed by atoms with Crippen LogP contribution in [-0.4, -0.2) is 11.8 Å². The summed E-state index contributed by atoms with van der Waals surface area (Å²) < 4.78 is 0.990. The molecule has 2 rings (SSSR count). The molecular formula is C17H15BrN2O2. The summed E-state index contributed by atoms with van der Waals surface area (Å²) >= 11 is 3.36. The molecule has 2 aromatic carbocycles. The van der Waals surface area contributed by atoms with Crippen molar-refractivity contribution >= 4 is 45.2 Å². The number of hydrogen-bond acceptors (Lipinski definition) is 2. The first-order valence-corrected chi connectivity index (χ1v) is 7.44. The standard InChI is InChI=1S/C17H15BrN2O2/c1-12(21)19-15-3-2-4-16(11-15)20-17(22)10-7-13-5-8-14(18)9-6-13/h2-11H,1H3,(H,19,21)(H,20,22). The number of halogens is 1. The molecular weight excluding hydrogens is 344 g/mol. The third kappa shape index (κ3) is 5.18. The van der Waals surface area contributed by atoms with Gasteiger partial charge in [0.25, 0.3) is 0 Å².